The molecule has 0 unspecified atom stereocenters. The second-order valence-electron chi connectivity index (χ2n) is 10.3. The fourth-order valence-corrected chi connectivity index (χ4v) is 6.46. The molecule has 216 valence electrons. The summed E-state index contributed by atoms with van der Waals surface area (Å²) in [6.45, 7) is 4.99. The molecule has 0 spiro atoms. The molecule has 0 aromatic heterocycles. The third-order valence-corrected chi connectivity index (χ3v) is 8.48. The van der Waals surface area contributed by atoms with E-state index in [-0.39, 0.29) is 23.9 Å². The third-order valence-electron chi connectivity index (χ3n) is 6.70. The topological polar surface area (TPSA) is 140 Å². The van der Waals surface area contributed by atoms with Gasteiger partial charge in [0.15, 0.2) is 5.84 Å². The van der Waals surface area contributed by atoms with Gasteiger partial charge < -0.3 is 10.1 Å². The van der Waals surface area contributed by atoms with Gasteiger partial charge in [-0.3, -0.25) is 19.9 Å². The van der Waals surface area contributed by atoms with Crippen molar-refractivity contribution in [2.75, 3.05) is 19.0 Å². The van der Waals surface area contributed by atoms with Crippen LogP contribution in [-0.4, -0.2) is 50.9 Å². The lowest BCUT2D eigenvalue weighted by atomic mass is 10.0. The van der Waals surface area contributed by atoms with E-state index in [0.29, 0.717) is 22.6 Å². The van der Waals surface area contributed by atoms with Crippen LogP contribution in [-0.2, 0) is 26.0 Å². The molecule has 1 fully saturated rings. The van der Waals surface area contributed by atoms with E-state index in [1.54, 1.807) is 26.0 Å². The number of hydrogen-bond donors (Lipinski definition) is 2. The van der Waals surface area contributed by atoms with Gasteiger partial charge in [0.25, 0.3) is 6.54 Å². The number of anilines is 1. The van der Waals surface area contributed by atoms with Gasteiger partial charge in [-0.05, 0) is 80.0 Å². The number of rotatable bonds is 11. The van der Waals surface area contributed by atoms with Crippen LogP contribution in [0.25, 0.3) is 11.1 Å². The van der Waals surface area contributed by atoms with E-state index in [2.05, 4.69) is 15.0 Å². The highest BCUT2D eigenvalue weighted by molar-refractivity contribution is 7.89. The SMILES string of the molecule is COC(=O)[C@H](Cc1ccc(-c2cccc(NC(C[N+](=O)[O-])=NC3CC3)c2)cc1)NS(=O)(=O)c1c(C)cc(C)cc1C. The number of benzene rings is 3. The van der Waals surface area contributed by atoms with Crippen LogP contribution in [0.4, 0.5) is 5.69 Å². The first-order chi connectivity index (χ1) is 19.4. The molecule has 0 amide bonds. The number of nitro groups is 1. The van der Waals surface area contributed by atoms with Gasteiger partial charge in [-0.1, -0.05) is 54.1 Å². The summed E-state index contributed by atoms with van der Waals surface area (Å²) in [6.07, 6.45) is 1.98. The number of aliphatic imine (C=N–C) groups is 1. The largest absolute Gasteiger partial charge is 0.468 e. The first-order valence-electron chi connectivity index (χ1n) is 13.3. The van der Waals surface area contributed by atoms with Crippen molar-refractivity contribution in [3.63, 3.8) is 0 Å². The van der Waals surface area contributed by atoms with Gasteiger partial charge >= 0.3 is 5.97 Å². The minimum Gasteiger partial charge on any atom is -0.468 e. The number of methoxy groups -OCH3 is 1. The van der Waals surface area contributed by atoms with Crippen LogP contribution in [0, 0.1) is 30.9 Å². The summed E-state index contributed by atoms with van der Waals surface area (Å²) in [5.74, 6) is -0.352. The Morgan fingerprint density at radius 3 is 2.29 bits per heavy atom. The van der Waals surface area contributed by atoms with Crippen molar-refractivity contribution in [1.82, 2.24) is 4.72 Å². The fourth-order valence-electron chi connectivity index (χ4n) is 4.82. The number of nitrogens with zero attached hydrogens (tertiary/aromatic N) is 2. The van der Waals surface area contributed by atoms with E-state index in [0.717, 1.165) is 35.1 Å². The summed E-state index contributed by atoms with van der Waals surface area (Å²) in [5, 5.41) is 14.2. The van der Waals surface area contributed by atoms with Gasteiger partial charge in [-0.2, -0.15) is 4.72 Å². The molecule has 3 aromatic rings. The number of nitrogens with one attached hydrogen (secondary N) is 2. The van der Waals surface area contributed by atoms with Gasteiger partial charge in [-0.25, -0.2) is 8.42 Å². The Bertz CT molecular complexity index is 1560. The van der Waals surface area contributed by atoms with E-state index >= 15 is 0 Å². The van der Waals surface area contributed by atoms with Gasteiger partial charge in [0.05, 0.1) is 18.0 Å². The van der Waals surface area contributed by atoms with Crippen molar-refractivity contribution < 1.29 is 22.9 Å². The first kappa shape index (κ1) is 29.9. The number of ether oxygens (including phenoxy) is 1. The summed E-state index contributed by atoms with van der Waals surface area (Å²) in [4.78, 5) is 27.8. The van der Waals surface area contributed by atoms with Crippen LogP contribution in [0.15, 0.2) is 70.6 Å². The number of hydrogen-bond acceptors (Lipinski definition) is 7. The molecule has 1 aliphatic rings. The number of esters is 1. The average molecular weight is 579 g/mol. The van der Waals surface area contributed by atoms with E-state index in [4.69, 9.17) is 4.74 Å². The molecule has 0 aliphatic heterocycles. The molecule has 1 aliphatic carbocycles. The maximum absolute atomic E-state index is 13.3. The highest BCUT2D eigenvalue weighted by Gasteiger charge is 2.29. The highest BCUT2D eigenvalue weighted by Crippen LogP contribution is 2.26. The molecular formula is C30H34N4O6S. The normalized spacial score (nSPS) is 14.4. The van der Waals surface area contributed by atoms with Gasteiger partial charge in [-0.15, -0.1) is 0 Å². The molecule has 1 saturated carbocycles. The van der Waals surface area contributed by atoms with Crippen molar-refractivity contribution in [1.29, 1.82) is 0 Å². The smallest absolute Gasteiger partial charge is 0.324 e. The van der Waals surface area contributed by atoms with Crippen molar-refractivity contribution in [3.05, 3.63) is 93.0 Å². The second kappa shape index (κ2) is 12.6. The Labute approximate surface area is 240 Å². The maximum Gasteiger partial charge on any atom is 0.324 e. The second-order valence-corrected chi connectivity index (χ2v) is 12.0. The fraction of sp³-hybridized carbons (Fsp3) is 0.333. The molecule has 1 atom stereocenters. The minimum absolute atomic E-state index is 0.0968. The minimum atomic E-state index is -4.00. The van der Waals surface area contributed by atoms with Gasteiger partial charge in [0.1, 0.15) is 6.04 Å². The average Bonchev–Trinajstić information content (AvgIpc) is 3.71. The molecule has 41 heavy (non-hydrogen) atoms. The van der Waals surface area contributed by atoms with Crippen LogP contribution in [0.1, 0.15) is 35.1 Å². The van der Waals surface area contributed by atoms with E-state index < -0.39 is 27.0 Å². The monoisotopic (exact) mass is 578 g/mol. The zero-order chi connectivity index (χ0) is 29.7. The van der Waals surface area contributed by atoms with Crippen molar-refractivity contribution >= 4 is 27.5 Å². The Hall–Kier alpha value is -4.09. The molecule has 10 nitrogen and oxygen atoms in total. The molecule has 4 rings (SSSR count). The number of carbonyl (C=O) groups excluding carboxylic acids is 1. The van der Waals surface area contributed by atoms with Crippen LogP contribution in [0.3, 0.4) is 0 Å². The van der Waals surface area contributed by atoms with Crippen LogP contribution < -0.4 is 10.0 Å². The lowest BCUT2D eigenvalue weighted by molar-refractivity contribution is -0.463. The predicted molar refractivity (Wildman–Crippen MR) is 158 cm³/mol. The Balaban J connectivity index is 1.51. The Morgan fingerprint density at radius 1 is 1.05 bits per heavy atom. The van der Waals surface area contributed by atoms with Crippen LogP contribution >= 0.6 is 0 Å². The van der Waals surface area contributed by atoms with E-state index in [1.807, 2.05) is 55.5 Å². The van der Waals surface area contributed by atoms with Gasteiger partial charge in [0.2, 0.25) is 10.0 Å². The summed E-state index contributed by atoms with van der Waals surface area (Å²) in [6, 6.07) is 17.5. The van der Waals surface area contributed by atoms with Crippen LogP contribution in [0.5, 0.6) is 0 Å². The molecule has 11 heteroatoms. The highest BCUT2D eigenvalue weighted by atomic mass is 32.2. The third kappa shape index (κ3) is 7.99. The molecule has 2 N–H and O–H groups in total. The summed E-state index contributed by atoms with van der Waals surface area (Å²) in [7, 11) is -2.78. The molecule has 3 aromatic carbocycles. The Kier molecular flexibility index (Phi) is 9.19. The van der Waals surface area contributed by atoms with E-state index in [1.165, 1.54) is 7.11 Å². The zero-order valence-corrected chi connectivity index (χ0v) is 24.3. The van der Waals surface area contributed by atoms with E-state index in [9.17, 15) is 23.3 Å². The lowest BCUT2D eigenvalue weighted by Gasteiger charge is -2.19. The lowest BCUT2D eigenvalue weighted by Crippen LogP contribution is -2.43. The number of amidine groups is 1. The number of carbonyl (C=O) groups is 1. The summed E-state index contributed by atoms with van der Waals surface area (Å²) in [5.41, 5.74) is 5.34. The molecule has 0 saturated heterocycles. The first-order valence-corrected chi connectivity index (χ1v) is 14.8. The van der Waals surface area contributed by atoms with Gasteiger partial charge in [0, 0.05) is 10.6 Å². The van der Waals surface area contributed by atoms with Crippen molar-refractivity contribution in [3.8, 4) is 11.1 Å². The standard InChI is InChI=1S/C30H34N4O6S/c1-19-14-20(2)29(21(3)15-19)41(38,39)33-27(30(35)40-4)16-22-8-10-23(11-9-22)24-6-5-7-26(17-24)32-28(18-34(36)37)31-25-12-13-25/h5-11,14-15,17,25,27,33H,12-13,16,18H2,1-4H3,(H,31,32)/t27-/m0/s1. The maximum atomic E-state index is 13.3. The zero-order valence-electron chi connectivity index (χ0n) is 23.5. The number of aryl methyl sites for hydroxylation is 3. The summed E-state index contributed by atoms with van der Waals surface area (Å²) >= 11 is 0. The molecular weight excluding hydrogens is 544 g/mol. The van der Waals surface area contributed by atoms with Crippen molar-refractivity contribution in [2.24, 2.45) is 4.99 Å². The quantitative estimate of drug-likeness (QED) is 0.111. The summed E-state index contributed by atoms with van der Waals surface area (Å²) < 4.78 is 34.1. The van der Waals surface area contributed by atoms with Crippen LogP contribution in [0.2, 0.25) is 0 Å². The number of sulfonamides is 1. The molecule has 0 radical (unpaired) electrons. The molecule has 0 heterocycles. The van der Waals surface area contributed by atoms with Crippen molar-refractivity contribution in [2.45, 2.75) is 57.0 Å². The molecule has 0 bridgehead atoms. The Morgan fingerprint density at radius 2 is 1.71 bits per heavy atom. The predicted octanol–water partition coefficient (Wildman–Crippen LogP) is 4.59.